The topological polar surface area (TPSA) is 62.3 Å². The number of fused-ring (bicyclic) bond motifs is 1. The van der Waals surface area contributed by atoms with E-state index in [1.807, 2.05) is 54.6 Å². The molecule has 2 aromatic carbocycles. The molecule has 0 spiro atoms. The molecule has 0 aliphatic carbocycles. The minimum atomic E-state index is -0.398. The molecule has 1 heterocycles. The molecule has 3 aromatic rings. The number of aromatic nitrogens is 1. The minimum Gasteiger partial charge on any atom is -0.349 e. The molecule has 0 saturated heterocycles. The van der Waals surface area contributed by atoms with Crippen LogP contribution >= 0.6 is 0 Å². The number of carbonyl (C=O) groups is 2. The average molecular weight is 347 g/mol. The highest BCUT2D eigenvalue weighted by molar-refractivity contribution is 6.06. The zero-order valence-corrected chi connectivity index (χ0v) is 14.8. The molecule has 0 radical (unpaired) electrons. The fourth-order valence-electron chi connectivity index (χ4n) is 2.83. The van der Waals surface area contributed by atoms with E-state index in [4.69, 9.17) is 0 Å². The smallest absolute Gasteiger partial charge is 0.252 e. The molecule has 0 saturated carbocycles. The summed E-state index contributed by atoms with van der Waals surface area (Å²) >= 11 is 0. The molecule has 132 valence electrons. The summed E-state index contributed by atoms with van der Waals surface area (Å²) in [6.07, 6.45) is 1.90. The Kier molecular flexibility index (Phi) is 5.27. The van der Waals surface area contributed by atoms with Crippen molar-refractivity contribution in [2.45, 2.75) is 12.5 Å². The van der Waals surface area contributed by atoms with Gasteiger partial charge in [0.1, 0.15) is 0 Å². The molecule has 5 heteroatoms. The zero-order valence-electron chi connectivity index (χ0n) is 14.8. The van der Waals surface area contributed by atoms with Crippen LogP contribution in [0.3, 0.4) is 0 Å². The first-order valence-electron chi connectivity index (χ1n) is 8.46. The highest BCUT2D eigenvalue weighted by Crippen LogP contribution is 2.21. The van der Waals surface area contributed by atoms with Crippen molar-refractivity contribution in [2.24, 2.45) is 0 Å². The highest BCUT2D eigenvalue weighted by Gasteiger charge is 2.21. The maximum Gasteiger partial charge on any atom is 0.252 e. The summed E-state index contributed by atoms with van der Waals surface area (Å²) in [6.45, 7) is 0. The minimum absolute atomic E-state index is 0.0428. The number of nitrogens with zero attached hydrogens (tertiary/aromatic N) is 2. The Hall–Kier alpha value is -3.21. The van der Waals surface area contributed by atoms with E-state index in [9.17, 15) is 9.59 Å². The first-order valence-corrected chi connectivity index (χ1v) is 8.46. The van der Waals surface area contributed by atoms with Crippen molar-refractivity contribution in [3.63, 3.8) is 0 Å². The van der Waals surface area contributed by atoms with Crippen LogP contribution in [0.5, 0.6) is 0 Å². The van der Waals surface area contributed by atoms with Crippen LogP contribution in [0.15, 0.2) is 66.9 Å². The molecule has 26 heavy (non-hydrogen) atoms. The van der Waals surface area contributed by atoms with Crippen LogP contribution in [0, 0.1) is 0 Å². The number of amides is 2. The van der Waals surface area contributed by atoms with E-state index in [0.29, 0.717) is 5.56 Å². The summed E-state index contributed by atoms with van der Waals surface area (Å²) in [4.78, 5) is 31.0. The fraction of sp³-hybridized carbons (Fsp3) is 0.190. The van der Waals surface area contributed by atoms with E-state index in [0.717, 1.165) is 16.5 Å². The lowest BCUT2D eigenvalue weighted by Gasteiger charge is -2.21. The van der Waals surface area contributed by atoms with Crippen molar-refractivity contribution in [3.05, 3.63) is 78.0 Å². The van der Waals surface area contributed by atoms with Gasteiger partial charge in [-0.05, 0) is 23.8 Å². The second kappa shape index (κ2) is 7.78. The van der Waals surface area contributed by atoms with E-state index in [1.54, 1.807) is 26.4 Å². The summed E-state index contributed by atoms with van der Waals surface area (Å²) in [7, 11) is 3.42. The van der Waals surface area contributed by atoms with Gasteiger partial charge >= 0.3 is 0 Å². The van der Waals surface area contributed by atoms with Crippen molar-refractivity contribution in [2.75, 3.05) is 14.1 Å². The van der Waals surface area contributed by atoms with Gasteiger partial charge in [-0.15, -0.1) is 0 Å². The molecule has 0 aliphatic heterocycles. The van der Waals surface area contributed by atoms with Crippen LogP contribution in [0.2, 0.25) is 0 Å². The first kappa shape index (κ1) is 17.6. The number of hydrogen-bond donors (Lipinski definition) is 1. The SMILES string of the molecule is CN(C)C(=O)C[C@H](NC(=O)c1cccc2ncccc12)c1ccccc1. The standard InChI is InChI=1S/C21H21N3O2/c1-24(2)20(25)14-19(15-8-4-3-5-9-15)23-21(26)17-10-6-12-18-16(17)11-7-13-22-18/h3-13,19H,14H2,1-2H3,(H,23,26)/t19-/m0/s1. The van der Waals surface area contributed by atoms with Crippen LogP contribution in [0.1, 0.15) is 28.4 Å². The Labute approximate surface area is 152 Å². The van der Waals surface area contributed by atoms with Crippen molar-refractivity contribution in [3.8, 4) is 0 Å². The largest absolute Gasteiger partial charge is 0.349 e. The van der Waals surface area contributed by atoms with Gasteiger partial charge in [0, 0.05) is 31.2 Å². The van der Waals surface area contributed by atoms with Crippen LogP contribution in [-0.2, 0) is 4.79 Å². The number of nitrogens with one attached hydrogen (secondary N) is 1. The molecule has 3 rings (SSSR count). The molecular weight excluding hydrogens is 326 g/mol. The van der Waals surface area contributed by atoms with E-state index >= 15 is 0 Å². The van der Waals surface area contributed by atoms with Crippen LogP contribution in [0.4, 0.5) is 0 Å². The third kappa shape index (κ3) is 3.88. The maximum atomic E-state index is 12.9. The Morgan fingerprint density at radius 1 is 1.00 bits per heavy atom. The molecule has 2 amide bonds. The van der Waals surface area contributed by atoms with Gasteiger partial charge in [-0.25, -0.2) is 0 Å². The predicted octanol–water partition coefficient (Wildman–Crippen LogP) is 3.18. The monoisotopic (exact) mass is 347 g/mol. The van der Waals surface area contributed by atoms with Gasteiger partial charge in [0.15, 0.2) is 0 Å². The molecule has 1 N–H and O–H groups in total. The van der Waals surface area contributed by atoms with Crippen LogP contribution in [-0.4, -0.2) is 35.8 Å². The number of benzene rings is 2. The maximum absolute atomic E-state index is 12.9. The van der Waals surface area contributed by atoms with Gasteiger partial charge in [0.05, 0.1) is 18.0 Å². The second-order valence-electron chi connectivity index (χ2n) is 6.30. The van der Waals surface area contributed by atoms with Crippen molar-refractivity contribution in [1.29, 1.82) is 0 Å². The zero-order chi connectivity index (χ0) is 18.5. The normalized spacial score (nSPS) is 11.8. The Bertz CT molecular complexity index is 917. The number of carbonyl (C=O) groups excluding carboxylic acids is 2. The highest BCUT2D eigenvalue weighted by atomic mass is 16.2. The molecular formula is C21H21N3O2. The number of hydrogen-bond acceptors (Lipinski definition) is 3. The third-order valence-corrected chi connectivity index (χ3v) is 4.28. The van der Waals surface area contributed by atoms with Gasteiger partial charge in [0.2, 0.25) is 5.91 Å². The lowest BCUT2D eigenvalue weighted by molar-refractivity contribution is -0.129. The molecule has 1 aromatic heterocycles. The number of pyridine rings is 1. The molecule has 1 atom stereocenters. The van der Waals surface area contributed by atoms with E-state index in [2.05, 4.69) is 10.3 Å². The first-order chi connectivity index (χ1) is 12.6. The summed E-state index contributed by atoms with van der Waals surface area (Å²) in [6, 6.07) is 18.3. The summed E-state index contributed by atoms with van der Waals surface area (Å²) < 4.78 is 0. The van der Waals surface area contributed by atoms with Gasteiger partial charge in [0.25, 0.3) is 5.91 Å². The Morgan fingerprint density at radius 2 is 1.77 bits per heavy atom. The van der Waals surface area contributed by atoms with E-state index in [1.165, 1.54) is 4.90 Å². The molecule has 0 aliphatic rings. The second-order valence-corrected chi connectivity index (χ2v) is 6.30. The Morgan fingerprint density at radius 3 is 2.50 bits per heavy atom. The lowest BCUT2D eigenvalue weighted by Crippen LogP contribution is -2.33. The van der Waals surface area contributed by atoms with E-state index in [-0.39, 0.29) is 18.2 Å². The molecule has 0 bridgehead atoms. The summed E-state index contributed by atoms with van der Waals surface area (Å²) in [5.41, 5.74) is 2.21. The molecule has 0 fully saturated rings. The van der Waals surface area contributed by atoms with E-state index < -0.39 is 6.04 Å². The van der Waals surface area contributed by atoms with Gasteiger partial charge in [-0.2, -0.15) is 0 Å². The van der Waals surface area contributed by atoms with Crippen LogP contribution < -0.4 is 5.32 Å². The van der Waals surface area contributed by atoms with Crippen molar-refractivity contribution < 1.29 is 9.59 Å². The third-order valence-electron chi connectivity index (χ3n) is 4.28. The molecule has 5 nitrogen and oxygen atoms in total. The summed E-state index contributed by atoms with van der Waals surface area (Å²) in [5, 5.41) is 3.80. The lowest BCUT2D eigenvalue weighted by atomic mass is 10.0. The average Bonchev–Trinajstić information content (AvgIpc) is 2.67. The molecule has 0 unspecified atom stereocenters. The number of rotatable bonds is 5. The van der Waals surface area contributed by atoms with Crippen LogP contribution in [0.25, 0.3) is 10.9 Å². The van der Waals surface area contributed by atoms with Crippen molar-refractivity contribution >= 4 is 22.7 Å². The Balaban J connectivity index is 1.90. The van der Waals surface area contributed by atoms with Crippen molar-refractivity contribution in [1.82, 2.24) is 15.2 Å². The summed E-state index contributed by atoms with van der Waals surface area (Å²) in [5.74, 6) is -0.261. The van der Waals surface area contributed by atoms with Gasteiger partial charge in [-0.1, -0.05) is 42.5 Å². The fourth-order valence-corrected chi connectivity index (χ4v) is 2.83. The predicted molar refractivity (Wildman–Crippen MR) is 102 cm³/mol. The van der Waals surface area contributed by atoms with Gasteiger partial charge < -0.3 is 10.2 Å². The quantitative estimate of drug-likeness (QED) is 0.771. The van der Waals surface area contributed by atoms with Gasteiger partial charge in [-0.3, -0.25) is 14.6 Å².